The van der Waals surface area contributed by atoms with Gasteiger partial charge in [0, 0.05) is 6.26 Å². The fourth-order valence-electron chi connectivity index (χ4n) is 1.36. The Hall–Kier alpha value is -0.880. The van der Waals surface area contributed by atoms with E-state index in [0.29, 0.717) is 6.26 Å². The average molecular weight is 262 g/mol. The number of hydrogen-bond donors (Lipinski definition) is 0. The van der Waals surface area contributed by atoms with Crippen molar-refractivity contribution < 1.29 is 17.5 Å². The van der Waals surface area contributed by atoms with Gasteiger partial charge in [-0.15, -0.1) is 0 Å². The van der Waals surface area contributed by atoms with Crippen molar-refractivity contribution in [1.82, 2.24) is 4.57 Å². The molecule has 0 fully saturated rings. The number of nitrogens with zero attached hydrogens (tertiary/aromatic N) is 2. The molecule has 0 spiro atoms. The second-order valence-electron chi connectivity index (χ2n) is 4.08. The van der Waals surface area contributed by atoms with E-state index in [2.05, 4.69) is 41.8 Å². The first kappa shape index (κ1) is 16.1. The Labute approximate surface area is 104 Å². The largest absolute Gasteiger partial charge is 0.748 e. The molecule has 0 atom stereocenters. The molecule has 0 N–H and O–H groups in total. The number of aryl methyl sites for hydroxylation is 2. The maximum absolute atomic E-state index is 9.08. The summed E-state index contributed by atoms with van der Waals surface area (Å²) in [6.45, 7) is 3.41. The molecule has 0 unspecified atom stereocenters. The van der Waals surface area contributed by atoms with Crippen molar-refractivity contribution in [2.45, 2.75) is 39.2 Å². The van der Waals surface area contributed by atoms with Gasteiger partial charge in [0.15, 0.2) is 0 Å². The van der Waals surface area contributed by atoms with Crippen LogP contribution in [0.1, 0.15) is 32.6 Å². The molecular formula is C11H22N2O3S. The molecule has 17 heavy (non-hydrogen) atoms. The van der Waals surface area contributed by atoms with Crippen LogP contribution < -0.4 is 4.57 Å². The van der Waals surface area contributed by atoms with Gasteiger partial charge in [-0.2, -0.15) is 0 Å². The third kappa shape index (κ3) is 13.1. The highest BCUT2D eigenvalue weighted by Gasteiger charge is 1.97. The van der Waals surface area contributed by atoms with E-state index in [1.54, 1.807) is 0 Å². The van der Waals surface area contributed by atoms with Crippen LogP contribution in [0.3, 0.4) is 0 Å². The highest BCUT2D eigenvalue weighted by Crippen LogP contribution is 2.00. The van der Waals surface area contributed by atoms with Gasteiger partial charge >= 0.3 is 0 Å². The third-order valence-electron chi connectivity index (χ3n) is 2.09. The van der Waals surface area contributed by atoms with Crippen LogP contribution in [0.25, 0.3) is 0 Å². The lowest BCUT2D eigenvalue weighted by Gasteiger charge is -1.95. The van der Waals surface area contributed by atoms with Crippen LogP contribution in [0.5, 0.6) is 0 Å². The van der Waals surface area contributed by atoms with Crippen molar-refractivity contribution in [2.75, 3.05) is 6.26 Å². The Morgan fingerprint density at radius 1 is 1.29 bits per heavy atom. The highest BCUT2D eigenvalue weighted by atomic mass is 32.2. The summed E-state index contributed by atoms with van der Waals surface area (Å²) >= 11 is 0. The number of imidazole rings is 1. The lowest BCUT2D eigenvalue weighted by molar-refractivity contribution is -0.671. The van der Waals surface area contributed by atoms with E-state index in [4.69, 9.17) is 13.0 Å². The van der Waals surface area contributed by atoms with Gasteiger partial charge in [-0.25, -0.2) is 17.6 Å². The molecule has 1 aromatic heterocycles. The number of hydrogen-bond acceptors (Lipinski definition) is 3. The summed E-state index contributed by atoms with van der Waals surface area (Å²) in [5.74, 6) is 0. The maximum atomic E-state index is 9.08. The van der Waals surface area contributed by atoms with E-state index >= 15 is 0 Å². The fraction of sp³-hybridized carbons (Fsp3) is 0.727. The summed E-state index contributed by atoms with van der Waals surface area (Å²) < 4.78 is 31.6. The molecule has 0 saturated heterocycles. The summed E-state index contributed by atoms with van der Waals surface area (Å²) in [5, 5.41) is 0. The van der Waals surface area contributed by atoms with Gasteiger partial charge < -0.3 is 4.55 Å². The van der Waals surface area contributed by atoms with Crippen LogP contribution in [0.15, 0.2) is 18.7 Å². The van der Waals surface area contributed by atoms with E-state index < -0.39 is 10.1 Å². The molecule has 1 aromatic rings. The average Bonchev–Trinajstić information content (AvgIpc) is 2.56. The minimum absolute atomic E-state index is 0.604. The minimum atomic E-state index is -3.92. The van der Waals surface area contributed by atoms with Crippen LogP contribution in [0, 0.1) is 0 Å². The van der Waals surface area contributed by atoms with Gasteiger partial charge in [-0.1, -0.05) is 19.8 Å². The van der Waals surface area contributed by atoms with Gasteiger partial charge in [0.1, 0.15) is 12.4 Å². The molecule has 0 bridgehead atoms. The van der Waals surface area contributed by atoms with Crippen molar-refractivity contribution in [3.05, 3.63) is 18.7 Å². The molecule has 0 aromatic carbocycles. The molecule has 1 heterocycles. The summed E-state index contributed by atoms with van der Waals surface area (Å²) in [4.78, 5) is 0. The zero-order valence-electron chi connectivity index (χ0n) is 10.8. The maximum Gasteiger partial charge on any atom is 0.243 e. The zero-order valence-corrected chi connectivity index (χ0v) is 11.6. The van der Waals surface area contributed by atoms with Gasteiger partial charge in [0.2, 0.25) is 6.33 Å². The molecular weight excluding hydrogens is 240 g/mol. The van der Waals surface area contributed by atoms with E-state index in [1.165, 1.54) is 32.2 Å². The number of rotatable bonds is 5. The molecule has 0 radical (unpaired) electrons. The van der Waals surface area contributed by atoms with Crippen molar-refractivity contribution in [1.29, 1.82) is 0 Å². The van der Waals surface area contributed by atoms with Gasteiger partial charge in [-0.3, -0.25) is 0 Å². The minimum Gasteiger partial charge on any atom is -0.748 e. The molecule has 0 saturated carbocycles. The molecule has 1 rings (SSSR count). The van der Waals surface area contributed by atoms with Crippen LogP contribution in [0.2, 0.25) is 0 Å². The third-order valence-corrected chi connectivity index (χ3v) is 2.09. The predicted molar refractivity (Wildman–Crippen MR) is 65.4 cm³/mol. The van der Waals surface area contributed by atoms with E-state index in [-0.39, 0.29) is 0 Å². The van der Waals surface area contributed by atoms with Crippen LogP contribution in [0.4, 0.5) is 0 Å². The lowest BCUT2D eigenvalue weighted by Crippen LogP contribution is -2.23. The normalized spacial score (nSPS) is 10.8. The summed E-state index contributed by atoms with van der Waals surface area (Å²) in [6, 6.07) is 0. The summed E-state index contributed by atoms with van der Waals surface area (Å²) in [6.07, 6.45) is 12.3. The van der Waals surface area contributed by atoms with E-state index in [1.807, 2.05) is 0 Å². The van der Waals surface area contributed by atoms with E-state index in [0.717, 1.165) is 0 Å². The van der Waals surface area contributed by atoms with Gasteiger partial charge in [0.25, 0.3) is 0 Å². The number of aromatic nitrogens is 2. The first-order valence-electron chi connectivity index (χ1n) is 5.74. The zero-order chi connectivity index (χ0) is 13.3. The van der Waals surface area contributed by atoms with Crippen LogP contribution in [-0.2, 0) is 23.7 Å². The molecule has 0 aliphatic carbocycles. The van der Waals surface area contributed by atoms with Gasteiger partial charge in [0.05, 0.1) is 23.7 Å². The first-order valence-corrected chi connectivity index (χ1v) is 7.56. The Morgan fingerprint density at radius 2 is 1.88 bits per heavy atom. The summed E-state index contributed by atoms with van der Waals surface area (Å²) in [7, 11) is -1.86. The monoisotopic (exact) mass is 262 g/mol. The molecule has 0 aliphatic rings. The van der Waals surface area contributed by atoms with Crippen molar-refractivity contribution in [3.8, 4) is 0 Å². The topological polar surface area (TPSA) is 66.0 Å². The van der Waals surface area contributed by atoms with Crippen molar-refractivity contribution in [3.63, 3.8) is 0 Å². The van der Waals surface area contributed by atoms with Crippen molar-refractivity contribution >= 4 is 10.1 Å². The summed E-state index contributed by atoms with van der Waals surface area (Å²) in [5.41, 5.74) is 0. The Bertz CT molecular complexity index is 391. The molecule has 100 valence electrons. The molecule has 5 nitrogen and oxygen atoms in total. The molecule has 0 aliphatic heterocycles. The quantitative estimate of drug-likeness (QED) is 0.452. The van der Waals surface area contributed by atoms with Crippen LogP contribution in [-0.4, -0.2) is 23.8 Å². The second kappa shape index (κ2) is 8.25. The predicted octanol–water partition coefficient (Wildman–Crippen LogP) is 1.05. The second-order valence-corrected chi connectivity index (χ2v) is 5.49. The lowest BCUT2D eigenvalue weighted by atomic mass is 10.2. The molecule has 6 heteroatoms. The van der Waals surface area contributed by atoms with Gasteiger partial charge in [-0.05, 0) is 12.8 Å². The van der Waals surface area contributed by atoms with Crippen LogP contribution >= 0.6 is 0 Å². The Balaban J connectivity index is 0.000000437. The standard InChI is InChI=1S/C10H19N2.CH4O3S/c1-3-4-5-6-7-12-9-8-11(2)10-12;1-5(2,3)4/h8-10H,3-7H2,1-2H3;1H3,(H,2,3,4)/q+1;/p-1. The Morgan fingerprint density at radius 3 is 2.29 bits per heavy atom. The van der Waals surface area contributed by atoms with E-state index in [9.17, 15) is 0 Å². The smallest absolute Gasteiger partial charge is 0.243 e. The Kier molecular flexibility index (Phi) is 7.82. The van der Waals surface area contributed by atoms with Crippen molar-refractivity contribution in [2.24, 2.45) is 7.05 Å². The highest BCUT2D eigenvalue weighted by molar-refractivity contribution is 7.84. The first-order chi connectivity index (χ1) is 7.83. The number of unbranched alkanes of at least 4 members (excludes halogenated alkanes) is 3. The SMILES string of the molecule is CCCCCCn1cc[n+](C)c1.CS(=O)(=O)[O-]. The fourth-order valence-corrected chi connectivity index (χ4v) is 1.36. The molecule has 0 amide bonds.